The minimum atomic E-state index is -0.436. The molecule has 1 aliphatic heterocycles. The monoisotopic (exact) mass is 148 g/mol. The summed E-state index contributed by atoms with van der Waals surface area (Å²) in [5.74, 6) is 0. The first-order valence-corrected chi connectivity index (χ1v) is 3.34. The summed E-state index contributed by atoms with van der Waals surface area (Å²) in [6.45, 7) is 1.70. The van der Waals surface area contributed by atoms with Crippen LogP contribution in [0.1, 0.15) is 13.3 Å². The van der Waals surface area contributed by atoms with Gasteiger partial charge in [0, 0.05) is 12.0 Å². The SMILES string of the molecule is CC1(CF)CC(N)N(O)C1. The number of hydrogen-bond donors (Lipinski definition) is 2. The lowest BCUT2D eigenvalue weighted by molar-refractivity contribution is -0.106. The average Bonchev–Trinajstić information content (AvgIpc) is 2.10. The average molecular weight is 148 g/mol. The Morgan fingerprint density at radius 1 is 1.90 bits per heavy atom. The Balaban J connectivity index is 2.55. The van der Waals surface area contributed by atoms with Gasteiger partial charge in [-0.3, -0.25) is 4.39 Å². The predicted octanol–water partition coefficient (Wildman–Crippen LogP) is 0.342. The van der Waals surface area contributed by atoms with Gasteiger partial charge in [-0.15, -0.1) is 0 Å². The lowest BCUT2D eigenvalue weighted by Gasteiger charge is -2.16. The number of nitrogens with two attached hydrogens (primary N) is 1. The van der Waals surface area contributed by atoms with Crippen molar-refractivity contribution in [3.8, 4) is 0 Å². The van der Waals surface area contributed by atoms with E-state index in [-0.39, 0.29) is 6.17 Å². The molecule has 3 nitrogen and oxygen atoms in total. The number of nitrogens with zero attached hydrogens (tertiary/aromatic N) is 1. The van der Waals surface area contributed by atoms with Crippen molar-refractivity contribution in [1.29, 1.82) is 0 Å². The minimum Gasteiger partial charge on any atom is -0.314 e. The van der Waals surface area contributed by atoms with Crippen molar-refractivity contribution in [3.63, 3.8) is 0 Å². The Labute approximate surface area is 59.6 Å². The molecule has 0 aromatic heterocycles. The van der Waals surface area contributed by atoms with Crippen molar-refractivity contribution in [2.24, 2.45) is 11.1 Å². The van der Waals surface area contributed by atoms with Crippen molar-refractivity contribution in [2.45, 2.75) is 19.5 Å². The minimum absolute atomic E-state index is 0.338. The second-order valence-corrected chi connectivity index (χ2v) is 3.31. The number of rotatable bonds is 1. The third-order valence-corrected chi connectivity index (χ3v) is 1.95. The highest BCUT2D eigenvalue weighted by Crippen LogP contribution is 2.31. The first kappa shape index (κ1) is 7.91. The smallest absolute Gasteiger partial charge is 0.0962 e. The van der Waals surface area contributed by atoms with Crippen molar-refractivity contribution < 1.29 is 9.60 Å². The summed E-state index contributed by atoms with van der Waals surface area (Å²) in [5.41, 5.74) is 5.00. The highest BCUT2D eigenvalue weighted by atomic mass is 19.1. The van der Waals surface area contributed by atoms with Gasteiger partial charge >= 0.3 is 0 Å². The van der Waals surface area contributed by atoms with Crippen molar-refractivity contribution in [1.82, 2.24) is 5.06 Å². The molecule has 10 heavy (non-hydrogen) atoms. The van der Waals surface area contributed by atoms with Crippen LogP contribution in [0.15, 0.2) is 0 Å². The summed E-state index contributed by atoms with van der Waals surface area (Å²) >= 11 is 0. The molecule has 0 aromatic rings. The molecule has 2 unspecified atom stereocenters. The van der Waals surface area contributed by atoms with Gasteiger partial charge in [0.15, 0.2) is 0 Å². The van der Waals surface area contributed by atoms with Crippen molar-refractivity contribution in [2.75, 3.05) is 13.2 Å². The zero-order valence-electron chi connectivity index (χ0n) is 6.05. The van der Waals surface area contributed by atoms with Crippen molar-refractivity contribution >= 4 is 0 Å². The summed E-state index contributed by atoms with van der Waals surface area (Å²) in [4.78, 5) is 0. The van der Waals surface area contributed by atoms with Gasteiger partial charge in [0.25, 0.3) is 0 Å². The molecule has 0 aromatic carbocycles. The quantitative estimate of drug-likeness (QED) is 0.563. The standard InChI is InChI=1S/C6H13FN2O/c1-6(3-7)2-5(8)9(10)4-6/h5,10H,2-4,8H2,1H3. The zero-order chi connectivity index (χ0) is 7.78. The maximum atomic E-state index is 12.2. The van der Waals surface area contributed by atoms with Gasteiger partial charge in [-0.1, -0.05) is 6.92 Å². The summed E-state index contributed by atoms with van der Waals surface area (Å²) in [6, 6.07) is 0. The molecule has 3 N–H and O–H groups in total. The van der Waals surface area contributed by atoms with Gasteiger partial charge in [-0.25, -0.2) is 0 Å². The van der Waals surface area contributed by atoms with Crippen LogP contribution in [0.4, 0.5) is 4.39 Å². The van der Waals surface area contributed by atoms with E-state index in [4.69, 9.17) is 10.9 Å². The van der Waals surface area contributed by atoms with Gasteiger partial charge in [0.2, 0.25) is 0 Å². The van der Waals surface area contributed by atoms with Crippen molar-refractivity contribution in [3.05, 3.63) is 0 Å². The summed E-state index contributed by atoms with van der Waals surface area (Å²) < 4.78 is 12.2. The highest BCUT2D eigenvalue weighted by Gasteiger charge is 2.38. The van der Waals surface area contributed by atoms with Crippen LogP contribution in [0.3, 0.4) is 0 Å². The lowest BCUT2D eigenvalue weighted by Crippen LogP contribution is -2.33. The summed E-state index contributed by atoms with van der Waals surface area (Å²) in [5, 5.41) is 10.0. The van der Waals surface area contributed by atoms with E-state index >= 15 is 0 Å². The Morgan fingerprint density at radius 2 is 2.50 bits per heavy atom. The molecule has 1 heterocycles. The predicted molar refractivity (Wildman–Crippen MR) is 35.2 cm³/mol. The third-order valence-electron chi connectivity index (χ3n) is 1.95. The van der Waals surface area contributed by atoms with Gasteiger partial charge in [0.05, 0.1) is 12.8 Å². The fourth-order valence-electron chi connectivity index (χ4n) is 1.28. The zero-order valence-corrected chi connectivity index (χ0v) is 6.05. The van der Waals surface area contributed by atoms with Crippen LogP contribution >= 0.6 is 0 Å². The molecule has 2 atom stereocenters. The molecular weight excluding hydrogens is 135 g/mol. The van der Waals surface area contributed by atoms with E-state index < -0.39 is 12.1 Å². The van der Waals surface area contributed by atoms with Crippen LogP contribution in [-0.2, 0) is 0 Å². The van der Waals surface area contributed by atoms with Crippen LogP contribution < -0.4 is 5.73 Å². The molecule has 1 aliphatic rings. The lowest BCUT2D eigenvalue weighted by atomic mass is 9.91. The second kappa shape index (κ2) is 2.45. The van der Waals surface area contributed by atoms with Crippen LogP contribution in [0.2, 0.25) is 0 Å². The highest BCUT2D eigenvalue weighted by molar-refractivity contribution is 4.86. The molecule has 4 heteroatoms. The summed E-state index contributed by atoms with van der Waals surface area (Å²) in [6.07, 6.45) is 0.140. The normalized spacial score (nSPS) is 42.6. The molecule has 0 spiro atoms. The fraction of sp³-hybridized carbons (Fsp3) is 1.00. The molecule has 0 aliphatic carbocycles. The number of halogens is 1. The van der Waals surface area contributed by atoms with Gasteiger partial charge in [0.1, 0.15) is 0 Å². The number of alkyl halides is 1. The second-order valence-electron chi connectivity index (χ2n) is 3.31. The van der Waals surface area contributed by atoms with E-state index in [2.05, 4.69) is 0 Å². The first-order chi connectivity index (χ1) is 4.57. The molecule has 60 valence electrons. The van der Waals surface area contributed by atoms with E-state index in [1.54, 1.807) is 6.92 Å². The van der Waals surface area contributed by atoms with E-state index in [1.165, 1.54) is 0 Å². The van der Waals surface area contributed by atoms with E-state index in [1.807, 2.05) is 0 Å². The van der Waals surface area contributed by atoms with Crippen LogP contribution in [-0.4, -0.2) is 29.7 Å². The maximum Gasteiger partial charge on any atom is 0.0962 e. The Morgan fingerprint density at radius 3 is 2.70 bits per heavy atom. The fourth-order valence-corrected chi connectivity index (χ4v) is 1.28. The van der Waals surface area contributed by atoms with Gasteiger partial charge in [-0.05, 0) is 6.42 Å². The number of hydrogen-bond acceptors (Lipinski definition) is 3. The van der Waals surface area contributed by atoms with Gasteiger partial charge < -0.3 is 10.9 Å². The molecule has 0 amide bonds. The Bertz CT molecular complexity index is 121. The van der Waals surface area contributed by atoms with E-state index in [9.17, 15) is 4.39 Å². The third kappa shape index (κ3) is 1.28. The molecular formula is C6H13FN2O. The maximum absolute atomic E-state index is 12.2. The molecule has 1 rings (SSSR count). The Hall–Kier alpha value is -0.190. The van der Waals surface area contributed by atoms with Gasteiger partial charge in [-0.2, -0.15) is 5.06 Å². The van der Waals surface area contributed by atoms with E-state index in [0.29, 0.717) is 13.0 Å². The Kier molecular flexibility index (Phi) is 1.94. The van der Waals surface area contributed by atoms with Crippen LogP contribution in [0.5, 0.6) is 0 Å². The topological polar surface area (TPSA) is 49.5 Å². The molecule has 0 saturated carbocycles. The van der Waals surface area contributed by atoms with E-state index in [0.717, 1.165) is 5.06 Å². The molecule has 1 saturated heterocycles. The molecule has 1 fully saturated rings. The summed E-state index contributed by atoms with van der Waals surface area (Å²) in [7, 11) is 0. The molecule has 0 radical (unpaired) electrons. The van der Waals surface area contributed by atoms with Crippen LogP contribution in [0.25, 0.3) is 0 Å². The number of hydroxylamine groups is 2. The van der Waals surface area contributed by atoms with Crippen LogP contribution in [0, 0.1) is 5.41 Å². The largest absolute Gasteiger partial charge is 0.314 e. The first-order valence-electron chi connectivity index (χ1n) is 3.34. The molecule has 0 bridgehead atoms.